The fourth-order valence-corrected chi connectivity index (χ4v) is 2.00. The molecule has 0 saturated carbocycles. The average Bonchev–Trinajstić information content (AvgIpc) is 3.09. The van der Waals surface area contributed by atoms with Gasteiger partial charge in [-0.1, -0.05) is 0 Å². The van der Waals surface area contributed by atoms with Crippen LogP contribution in [0.15, 0.2) is 56.6 Å². The van der Waals surface area contributed by atoms with Gasteiger partial charge >= 0.3 is 0 Å². The quantitative estimate of drug-likeness (QED) is 0.596. The lowest BCUT2D eigenvalue weighted by Gasteiger charge is -2.01. The molecule has 0 aliphatic heterocycles. The van der Waals surface area contributed by atoms with Gasteiger partial charge in [-0.05, 0) is 41.5 Å². The Bertz CT molecular complexity index is 579. The maximum atomic E-state index is 11.9. The third-order valence-corrected chi connectivity index (χ3v) is 3.24. The molecule has 4 nitrogen and oxygen atoms in total. The molecular formula is C14H12O4S. The molecule has 0 spiro atoms. The van der Waals surface area contributed by atoms with E-state index in [1.165, 1.54) is 30.4 Å². The van der Waals surface area contributed by atoms with E-state index in [1.807, 2.05) is 6.26 Å². The number of carbonyl (C=O) groups excluding carboxylic acids is 2. The first-order chi connectivity index (χ1) is 9.20. The highest BCUT2D eigenvalue weighted by molar-refractivity contribution is 8.02. The van der Waals surface area contributed by atoms with Crippen molar-refractivity contribution >= 4 is 23.3 Å². The molecule has 2 heterocycles. The molecule has 5 heteroatoms. The number of thioether (sulfide) groups is 1. The molecule has 98 valence electrons. The second kappa shape index (κ2) is 6.24. The summed E-state index contributed by atoms with van der Waals surface area (Å²) in [7, 11) is 0. The lowest BCUT2D eigenvalue weighted by atomic mass is 10.2. The first kappa shape index (κ1) is 13.4. The van der Waals surface area contributed by atoms with Gasteiger partial charge in [0.15, 0.2) is 11.5 Å². The minimum atomic E-state index is -0.249. The van der Waals surface area contributed by atoms with Crippen LogP contribution in [0.3, 0.4) is 0 Å². The molecule has 2 rings (SSSR count). The SMILES string of the molecule is CS/C(=C\C(=O)c1ccco1)CC(=O)c1ccco1. The van der Waals surface area contributed by atoms with Gasteiger partial charge in [0.05, 0.1) is 12.5 Å². The third kappa shape index (κ3) is 3.48. The highest BCUT2D eigenvalue weighted by Crippen LogP contribution is 2.20. The number of Topliss-reactive ketones (excluding diaryl/α,β-unsaturated/α-hetero) is 1. The van der Waals surface area contributed by atoms with E-state index in [0.29, 0.717) is 10.7 Å². The van der Waals surface area contributed by atoms with Crippen molar-refractivity contribution in [3.8, 4) is 0 Å². The molecule has 0 bridgehead atoms. The van der Waals surface area contributed by atoms with Crippen LogP contribution in [0.2, 0.25) is 0 Å². The van der Waals surface area contributed by atoms with Gasteiger partial charge in [0, 0.05) is 6.42 Å². The lowest BCUT2D eigenvalue weighted by Crippen LogP contribution is -2.00. The summed E-state index contributed by atoms with van der Waals surface area (Å²) in [5, 5.41) is 0. The summed E-state index contributed by atoms with van der Waals surface area (Å²) >= 11 is 1.36. The van der Waals surface area contributed by atoms with Crippen molar-refractivity contribution in [2.75, 3.05) is 6.26 Å². The number of rotatable bonds is 6. The van der Waals surface area contributed by atoms with Crippen LogP contribution < -0.4 is 0 Å². The number of hydrogen-bond acceptors (Lipinski definition) is 5. The molecule has 0 N–H and O–H groups in total. The molecule has 0 radical (unpaired) electrons. The molecule has 0 saturated heterocycles. The zero-order valence-electron chi connectivity index (χ0n) is 10.3. The van der Waals surface area contributed by atoms with E-state index in [2.05, 4.69) is 0 Å². The van der Waals surface area contributed by atoms with E-state index in [9.17, 15) is 9.59 Å². The average molecular weight is 276 g/mol. The van der Waals surface area contributed by atoms with E-state index < -0.39 is 0 Å². The standard InChI is InChI=1S/C14H12O4S/c1-19-10(8-11(15)13-4-2-6-17-13)9-12(16)14-5-3-7-18-14/h2-8H,9H2,1H3/b10-8-. The Morgan fingerprint density at radius 3 is 2.32 bits per heavy atom. The molecule has 2 aromatic heterocycles. The monoisotopic (exact) mass is 276 g/mol. The van der Waals surface area contributed by atoms with E-state index in [-0.39, 0.29) is 23.7 Å². The molecule has 2 aromatic rings. The van der Waals surface area contributed by atoms with Gasteiger partial charge in [-0.25, -0.2) is 0 Å². The fraction of sp³-hybridized carbons (Fsp3) is 0.143. The molecule has 0 atom stereocenters. The van der Waals surface area contributed by atoms with Gasteiger partial charge in [-0.15, -0.1) is 11.8 Å². The Morgan fingerprint density at radius 1 is 1.16 bits per heavy atom. The molecule has 0 fully saturated rings. The number of carbonyl (C=O) groups is 2. The van der Waals surface area contributed by atoms with Gasteiger partial charge in [0.2, 0.25) is 11.6 Å². The Balaban J connectivity index is 2.08. The molecule has 0 aromatic carbocycles. The van der Waals surface area contributed by atoms with Crippen molar-refractivity contribution in [3.63, 3.8) is 0 Å². The fourth-order valence-electron chi connectivity index (χ4n) is 1.50. The molecule has 0 aliphatic rings. The predicted molar refractivity (Wildman–Crippen MR) is 72.3 cm³/mol. The largest absolute Gasteiger partial charge is 0.461 e. The summed E-state index contributed by atoms with van der Waals surface area (Å²) in [4.78, 5) is 24.4. The van der Waals surface area contributed by atoms with Crippen molar-refractivity contribution in [1.29, 1.82) is 0 Å². The van der Waals surface area contributed by atoms with Crippen LogP contribution in [-0.2, 0) is 0 Å². The maximum Gasteiger partial charge on any atom is 0.221 e. The summed E-state index contributed by atoms with van der Waals surface area (Å²) in [5.41, 5.74) is 0. The van der Waals surface area contributed by atoms with Gasteiger partial charge < -0.3 is 8.83 Å². The van der Waals surface area contributed by atoms with Gasteiger partial charge in [0.1, 0.15) is 0 Å². The van der Waals surface area contributed by atoms with Crippen molar-refractivity contribution in [1.82, 2.24) is 0 Å². The van der Waals surface area contributed by atoms with Crippen LogP contribution in [0, 0.1) is 0 Å². The van der Waals surface area contributed by atoms with Crippen LogP contribution in [0.4, 0.5) is 0 Å². The summed E-state index contributed by atoms with van der Waals surface area (Å²) in [5.74, 6) is 0.154. The summed E-state index contributed by atoms with van der Waals surface area (Å²) in [6.07, 6.45) is 6.26. The van der Waals surface area contributed by atoms with Crippen molar-refractivity contribution in [2.45, 2.75) is 6.42 Å². The summed E-state index contributed by atoms with van der Waals surface area (Å²) in [6.45, 7) is 0. The Hall–Kier alpha value is -2.01. The van der Waals surface area contributed by atoms with Crippen molar-refractivity contribution < 1.29 is 18.4 Å². The molecule has 0 unspecified atom stereocenters. The summed E-state index contributed by atoms with van der Waals surface area (Å²) in [6, 6.07) is 6.50. The molecular weight excluding hydrogens is 264 g/mol. The molecule has 0 amide bonds. The number of hydrogen-bond donors (Lipinski definition) is 0. The predicted octanol–water partition coefficient (Wildman–Crippen LogP) is 3.58. The minimum absolute atomic E-state index is 0.140. The number of allylic oxidation sites excluding steroid dienone is 2. The highest BCUT2D eigenvalue weighted by Gasteiger charge is 2.13. The first-order valence-corrected chi connectivity index (χ1v) is 6.82. The zero-order valence-corrected chi connectivity index (χ0v) is 11.1. The van der Waals surface area contributed by atoms with Gasteiger partial charge in [-0.2, -0.15) is 0 Å². The van der Waals surface area contributed by atoms with E-state index in [0.717, 1.165) is 0 Å². The minimum Gasteiger partial charge on any atom is -0.461 e. The van der Waals surface area contributed by atoms with E-state index in [4.69, 9.17) is 8.83 Å². The lowest BCUT2D eigenvalue weighted by molar-refractivity contribution is 0.0968. The Morgan fingerprint density at radius 2 is 1.79 bits per heavy atom. The van der Waals surface area contributed by atoms with Crippen molar-refractivity contribution in [2.24, 2.45) is 0 Å². The van der Waals surface area contributed by atoms with Gasteiger partial charge in [0.25, 0.3) is 0 Å². The number of ketones is 2. The second-order valence-corrected chi connectivity index (χ2v) is 4.67. The van der Waals surface area contributed by atoms with E-state index in [1.54, 1.807) is 24.3 Å². The Labute approximate surface area is 114 Å². The summed E-state index contributed by atoms with van der Waals surface area (Å²) < 4.78 is 10.0. The molecule has 19 heavy (non-hydrogen) atoms. The van der Waals surface area contributed by atoms with Crippen LogP contribution in [-0.4, -0.2) is 17.8 Å². The maximum absolute atomic E-state index is 11.9. The zero-order chi connectivity index (χ0) is 13.7. The smallest absolute Gasteiger partial charge is 0.221 e. The Kier molecular flexibility index (Phi) is 4.41. The van der Waals surface area contributed by atoms with E-state index >= 15 is 0 Å². The topological polar surface area (TPSA) is 60.4 Å². The normalized spacial score (nSPS) is 11.5. The molecule has 0 aliphatic carbocycles. The van der Waals surface area contributed by atoms with Crippen molar-refractivity contribution in [3.05, 3.63) is 59.3 Å². The van der Waals surface area contributed by atoms with Crippen LogP contribution in [0.1, 0.15) is 27.5 Å². The van der Waals surface area contributed by atoms with Gasteiger partial charge in [-0.3, -0.25) is 9.59 Å². The number of furan rings is 2. The van der Waals surface area contributed by atoms with Crippen LogP contribution in [0.25, 0.3) is 0 Å². The highest BCUT2D eigenvalue weighted by atomic mass is 32.2. The van der Waals surface area contributed by atoms with Crippen LogP contribution >= 0.6 is 11.8 Å². The second-order valence-electron chi connectivity index (χ2n) is 3.73. The van der Waals surface area contributed by atoms with Crippen LogP contribution in [0.5, 0.6) is 0 Å². The first-order valence-electron chi connectivity index (χ1n) is 5.60. The third-order valence-electron chi connectivity index (χ3n) is 2.45.